The average molecular weight is 598 g/mol. The molecule has 4 aromatic carbocycles. The van der Waals surface area contributed by atoms with Crippen LogP contribution in [0, 0.1) is 5.82 Å². The summed E-state index contributed by atoms with van der Waals surface area (Å²) in [5.41, 5.74) is 6.53. The van der Waals surface area contributed by atoms with Crippen LogP contribution in [0.25, 0.3) is 22.2 Å². The Kier molecular flexibility index (Phi) is 8.47. The number of ether oxygens (including phenoxy) is 2. The summed E-state index contributed by atoms with van der Waals surface area (Å²) in [5.74, 6) is 0.214. The molecule has 0 unspecified atom stereocenters. The molecule has 8 heteroatoms. The largest absolute Gasteiger partial charge is 0.490 e. The van der Waals surface area contributed by atoms with Crippen LogP contribution in [-0.2, 0) is 6.61 Å². The maximum atomic E-state index is 14.0. The van der Waals surface area contributed by atoms with Gasteiger partial charge >= 0.3 is 0 Å². The first kappa shape index (κ1) is 27.0. The minimum absolute atomic E-state index is 0.0414. The highest BCUT2D eigenvalue weighted by atomic mass is 79.9. The zero-order chi connectivity index (χ0) is 27.9. The van der Waals surface area contributed by atoms with E-state index in [9.17, 15) is 9.18 Å². The summed E-state index contributed by atoms with van der Waals surface area (Å²) in [5, 5.41) is 4.92. The number of aromatic nitrogens is 1. The van der Waals surface area contributed by atoms with Gasteiger partial charge in [-0.15, -0.1) is 0 Å². The van der Waals surface area contributed by atoms with E-state index in [1.807, 2.05) is 61.5 Å². The van der Waals surface area contributed by atoms with Crippen molar-refractivity contribution < 1.29 is 18.7 Å². The van der Waals surface area contributed by atoms with Crippen molar-refractivity contribution >= 4 is 39.0 Å². The zero-order valence-corrected chi connectivity index (χ0v) is 23.2. The number of hydrogen-bond acceptors (Lipinski definition) is 5. The first-order valence-corrected chi connectivity index (χ1v) is 13.4. The van der Waals surface area contributed by atoms with E-state index < -0.39 is 0 Å². The average Bonchev–Trinajstić information content (AvgIpc) is 2.97. The topological polar surface area (TPSA) is 72.8 Å². The lowest BCUT2D eigenvalue weighted by atomic mass is 10.0. The Morgan fingerprint density at radius 3 is 2.52 bits per heavy atom. The standard InChI is InChI=1S/C32H25BrFN3O3/c1-2-39-30-17-21(16-26(33)31(30)40-20-23-12-6-8-14-27(23)34)19-35-37-32(38)25-18-29(22-10-4-3-5-11-22)36-28-15-9-7-13-24(25)28/h3-19H,2,20H2,1H3,(H,37,38)/b35-19+. The van der Waals surface area contributed by atoms with Gasteiger partial charge in [-0.3, -0.25) is 4.79 Å². The van der Waals surface area contributed by atoms with Crippen molar-refractivity contribution in [3.8, 4) is 22.8 Å². The third-order valence-corrected chi connectivity index (χ3v) is 6.66. The van der Waals surface area contributed by atoms with E-state index in [4.69, 9.17) is 14.5 Å². The van der Waals surface area contributed by atoms with Crippen LogP contribution in [-0.4, -0.2) is 23.7 Å². The molecule has 0 aliphatic heterocycles. The molecule has 0 aliphatic carbocycles. The molecule has 5 rings (SSSR count). The number of hydrogen-bond donors (Lipinski definition) is 1. The monoisotopic (exact) mass is 597 g/mol. The molecule has 0 radical (unpaired) electrons. The Morgan fingerprint density at radius 1 is 0.975 bits per heavy atom. The van der Waals surface area contributed by atoms with Crippen LogP contribution in [0.3, 0.4) is 0 Å². The molecular formula is C32H25BrFN3O3. The van der Waals surface area contributed by atoms with E-state index in [-0.39, 0.29) is 18.3 Å². The van der Waals surface area contributed by atoms with Gasteiger partial charge in [0.25, 0.3) is 5.91 Å². The number of amides is 1. The predicted molar refractivity (Wildman–Crippen MR) is 158 cm³/mol. The lowest BCUT2D eigenvalue weighted by molar-refractivity contribution is 0.0956. The van der Waals surface area contributed by atoms with E-state index >= 15 is 0 Å². The first-order chi connectivity index (χ1) is 19.5. The summed E-state index contributed by atoms with van der Waals surface area (Å²) in [7, 11) is 0. The van der Waals surface area contributed by atoms with Crippen molar-refractivity contribution in [2.45, 2.75) is 13.5 Å². The third-order valence-electron chi connectivity index (χ3n) is 6.07. The summed E-state index contributed by atoms with van der Waals surface area (Å²) < 4.78 is 26.3. The van der Waals surface area contributed by atoms with Gasteiger partial charge in [-0.25, -0.2) is 14.8 Å². The molecule has 200 valence electrons. The van der Waals surface area contributed by atoms with E-state index in [0.717, 1.165) is 10.9 Å². The highest BCUT2D eigenvalue weighted by molar-refractivity contribution is 9.10. The number of halogens is 2. The lowest BCUT2D eigenvalue weighted by Crippen LogP contribution is -2.18. The van der Waals surface area contributed by atoms with Crippen molar-refractivity contribution in [2.24, 2.45) is 5.10 Å². The second-order valence-corrected chi connectivity index (χ2v) is 9.63. The molecule has 0 fully saturated rings. The predicted octanol–water partition coefficient (Wildman–Crippen LogP) is 7.55. The van der Waals surface area contributed by atoms with Crippen molar-refractivity contribution in [3.63, 3.8) is 0 Å². The van der Waals surface area contributed by atoms with Crippen molar-refractivity contribution in [1.82, 2.24) is 10.4 Å². The van der Waals surface area contributed by atoms with Gasteiger partial charge in [-0.05, 0) is 58.7 Å². The van der Waals surface area contributed by atoms with E-state index in [2.05, 4.69) is 26.5 Å². The fourth-order valence-electron chi connectivity index (χ4n) is 4.18. The molecule has 5 aromatic rings. The zero-order valence-electron chi connectivity index (χ0n) is 21.6. The molecule has 1 aromatic heterocycles. The minimum Gasteiger partial charge on any atom is -0.490 e. The van der Waals surface area contributed by atoms with Crippen LogP contribution in [0.1, 0.15) is 28.4 Å². The minimum atomic E-state index is -0.360. The van der Waals surface area contributed by atoms with Crippen LogP contribution < -0.4 is 14.9 Å². The van der Waals surface area contributed by atoms with Gasteiger partial charge in [-0.1, -0.05) is 66.7 Å². The second kappa shape index (κ2) is 12.5. The van der Waals surface area contributed by atoms with Crippen LogP contribution in [0.5, 0.6) is 11.5 Å². The summed E-state index contributed by atoms with van der Waals surface area (Å²) in [6, 6.07) is 29.0. The van der Waals surface area contributed by atoms with Crippen LogP contribution in [0.2, 0.25) is 0 Å². The molecule has 1 heterocycles. The summed E-state index contributed by atoms with van der Waals surface area (Å²) in [6.45, 7) is 2.30. The maximum Gasteiger partial charge on any atom is 0.272 e. The van der Waals surface area contributed by atoms with Gasteiger partial charge in [0.1, 0.15) is 12.4 Å². The molecule has 1 N–H and O–H groups in total. The number of benzene rings is 4. The second-order valence-electron chi connectivity index (χ2n) is 8.78. The molecule has 6 nitrogen and oxygen atoms in total. The highest BCUT2D eigenvalue weighted by Crippen LogP contribution is 2.37. The molecular weight excluding hydrogens is 573 g/mol. The van der Waals surface area contributed by atoms with Crippen LogP contribution in [0.15, 0.2) is 107 Å². The van der Waals surface area contributed by atoms with Crippen molar-refractivity contribution in [2.75, 3.05) is 6.61 Å². The third kappa shape index (κ3) is 6.18. The Bertz CT molecular complexity index is 1690. The number of fused-ring (bicyclic) bond motifs is 1. The number of nitrogens with one attached hydrogen (secondary N) is 1. The molecule has 0 saturated carbocycles. The van der Waals surface area contributed by atoms with Gasteiger partial charge in [0, 0.05) is 16.5 Å². The number of nitrogens with zero attached hydrogens (tertiary/aromatic N) is 2. The molecule has 0 aliphatic rings. The van der Waals surface area contributed by atoms with Gasteiger partial charge in [0.15, 0.2) is 11.5 Å². The van der Waals surface area contributed by atoms with Gasteiger partial charge in [-0.2, -0.15) is 5.10 Å². The Morgan fingerprint density at radius 2 is 1.73 bits per heavy atom. The number of pyridine rings is 1. The number of carbonyl (C=O) groups is 1. The molecule has 0 bridgehead atoms. The molecule has 40 heavy (non-hydrogen) atoms. The van der Waals surface area contributed by atoms with Crippen molar-refractivity contribution in [3.05, 3.63) is 124 Å². The lowest BCUT2D eigenvalue weighted by Gasteiger charge is -2.15. The fourth-order valence-corrected chi connectivity index (χ4v) is 4.75. The van der Waals surface area contributed by atoms with Crippen molar-refractivity contribution in [1.29, 1.82) is 0 Å². The number of para-hydroxylation sites is 1. The number of rotatable bonds is 9. The Hall–Kier alpha value is -4.56. The number of carbonyl (C=O) groups excluding carboxylic acids is 1. The van der Waals surface area contributed by atoms with Crippen LogP contribution in [0.4, 0.5) is 4.39 Å². The van der Waals surface area contributed by atoms with E-state index in [1.54, 1.807) is 36.4 Å². The normalized spacial score (nSPS) is 11.1. The SMILES string of the molecule is CCOc1cc(/C=N/NC(=O)c2cc(-c3ccccc3)nc3ccccc23)cc(Br)c1OCc1ccccc1F. The Labute approximate surface area is 239 Å². The van der Waals surface area contributed by atoms with Gasteiger partial charge in [0.05, 0.1) is 34.1 Å². The molecule has 0 saturated heterocycles. The quantitative estimate of drug-likeness (QED) is 0.141. The summed E-state index contributed by atoms with van der Waals surface area (Å²) in [4.78, 5) is 18.0. The van der Waals surface area contributed by atoms with Gasteiger partial charge in [0.2, 0.25) is 0 Å². The van der Waals surface area contributed by atoms with Crippen LogP contribution >= 0.6 is 15.9 Å². The van der Waals surface area contributed by atoms with E-state index in [0.29, 0.717) is 50.5 Å². The van der Waals surface area contributed by atoms with E-state index in [1.165, 1.54) is 12.3 Å². The molecule has 1 amide bonds. The Balaban J connectivity index is 1.37. The fraction of sp³-hybridized carbons (Fsp3) is 0.0938. The molecule has 0 atom stereocenters. The summed E-state index contributed by atoms with van der Waals surface area (Å²) in [6.07, 6.45) is 1.52. The highest BCUT2D eigenvalue weighted by Gasteiger charge is 2.15. The number of hydrazone groups is 1. The molecule has 0 spiro atoms. The smallest absolute Gasteiger partial charge is 0.272 e. The first-order valence-electron chi connectivity index (χ1n) is 12.6. The van der Waals surface area contributed by atoms with Gasteiger partial charge < -0.3 is 9.47 Å². The summed E-state index contributed by atoms with van der Waals surface area (Å²) >= 11 is 3.52. The maximum absolute atomic E-state index is 14.0.